The Labute approximate surface area is 117 Å². The van der Waals surface area contributed by atoms with Crippen molar-refractivity contribution in [3.05, 3.63) is 57.8 Å². The second-order valence-corrected chi connectivity index (χ2v) is 4.93. The Hall–Kier alpha value is -1.25. The highest BCUT2D eigenvalue weighted by atomic mass is 35.5. The van der Waals surface area contributed by atoms with Gasteiger partial charge in [-0.15, -0.1) is 0 Å². The summed E-state index contributed by atoms with van der Waals surface area (Å²) in [5.74, 6) is 0. The Balaban J connectivity index is 1.97. The van der Waals surface area contributed by atoms with Crippen LogP contribution >= 0.6 is 23.2 Å². The van der Waals surface area contributed by atoms with Crippen LogP contribution in [0.5, 0.6) is 0 Å². The number of benzene rings is 1. The van der Waals surface area contributed by atoms with E-state index >= 15 is 0 Å². The molecule has 1 heterocycles. The molecule has 1 aromatic heterocycles. The maximum absolute atomic E-state index is 6.15. The third-order valence-corrected chi connectivity index (χ3v) is 3.45. The number of hydrogen-bond donors (Lipinski definition) is 1. The molecule has 0 aliphatic heterocycles. The Bertz CT molecular complexity index is 527. The quantitative estimate of drug-likeness (QED) is 0.901. The molecule has 1 aromatic carbocycles. The van der Waals surface area contributed by atoms with E-state index in [-0.39, 0.29) is 0 Å². The maximum atomic E-state index is 6.15. The molecule has 0 saturated carbocycles. The second kappa shape index (κ2) is 6.07. The third kappa shape index (κ3) is 3.37. The average molecular weight is 281 g/mol. The van der Waals surface area contributed by atoms with Crippen molar-refractivity contribution in [3.8, 4) is 0 Å². The fraction of sp³-hybridized carbons (Fsp3) is 0.214. The molecule has 2 aromatic rings. The molecule has 18 heavy (non-hydrogen) atoms. The van der Waals surface area contributed by atoms with Gasteiger partial charge in [0, 0.05) is 24.0 Å². The molecule has 2 nitrogen and oxygen atoms in total. The van der Waals surface area contributed by atoms with E-state index < -0.39 is 0 Å². The van der Waals surface area contributed by atoms with Gasteiger partial charge in [-0.1, -0.05) is 23.2 Å². The molecule has 0 amide bonds. The van der Waals surface area contributed by atoms with Crippen LogP contribution in [-0.4, -0.2) is 11.5 Å². The highest BCUT2D eigenvalue weighted by Gasteiger charge is 2.04. The summed E-state index contributed by atoms with van der Waals surface area (Å²) < 4.78 is 0. The number of nitrogens with zero attached hydrogens (tertiary/aromatic N) is 1. The Kier molecular flexibility index (Phi) is 4.45. The van der Waals surface area contributed by atoms with Crippen molar-refractivity contribution in [2.75, 3.05) is 11.9 Å². The lowest BCUT2D eigenvalue weighted by molar-refractivity contribution is 1.01. The van der Waals surface area contributed by atoms with Crippen LogP contribution in [0.3, 0.4) is 0 Å². The number of nitrogens with one attached hydrogen (secondary N) is 1. The van der Waals surface area contributed by atoms with E-state index in [2.05, 4.69) is 10.3 Å². The van der Waals surface area contributed by atoms with Crippen molar-refractivity contribution in [2.24, 2.45) is 0 Å². The first kappa shape index (κ1) is 13.2. The number of rotatable bonds is 4. The van der Waals surface area contributed by atoms with Crippen LogP contribution in [0.25, 0.3) is 0 Å². The van der Waals surface area contributed by atoms with Gasteiger partial charge in [0.15, 0.2) is 0 Å². The first-order chi connectivity index (χ1) is 8.66. The van der Waals surface area contributed by atoms with Gasteiger partial charge in [0.1, 0.15) is 0 Å². The zero-order valence-corrected chi connectivity index (χ0v) is 11.6. The number of halogens is 2. The normalized spacial score (nSPS) is 10.4. The second-order valence-electron chi connectivity index (χ2n) is 4.11. The highest BCUT2D eigenvalue weighted by molar-refractivity contribution is 6.35. The minimum Gasteiger partial charge on any atom is -0.383 e. The van der Waals surface area contributed by atoms with E-state index in [1.54, 1.807) is 12.4 Å². The molecule has 0 radical (unpaired) electrons. The van der Waals surface area contributed by atoms with Crippen molar-refractivity contribution in [2.45, 2.75) is 13.3 Å². The summed E-state index contributed by atoms with van der Waals surface area (Å²) in [6.45, 7) is 2.75. The average Bonchev–Trinajstić information content (AvgIpc) is 2.37. The molecule has 0 spiro atoms. The molecule has 2 rings (SSSR count). The number of aryl methyl sites for hydroxylation is 1. The van der Waals surface area contributed by atoms with Crippen LogP contribution in [0, 0.1) is 6.92 Å². The molecule has 1 N–H and O–H groups in total. The van der Waals surface area contributed by atoms with E-state index in [0.29, 0.717) is 5.02 Å². The summed E-state index contributed by atoms with van der Waals surface area (Å²) in [7, 11) is 0. The number of hydrogen-bond acceptors (Lipinski definition) is 2. The van der Waals surface area contributed by atoms with Gasteiger partial charge in [0.2, 0.25) is 0 Å². The van der Waals surface area contributed by atoms with Gasteiger partial charge in [-0.3, -0.25) is 4.98 Å². The van der Waals surface area contributed by atoms with Gasteiger partial charge in [0.25, 0.3) is 0 Å². The minimum absolute atomic E-state index is 0.701. The fourth-order valence-electron chi connectivity index (χ4n) is 1.67. The molecule has 0 aliphatic rings. The number of anilines is 1. The summed E-state index contributed by atoms with van der Waals surface area (Å²) in [5.41, 5.74) is 3.11. The summed E-state index contributed by atoms with van der Waals surface area (Å²) in [4.78, 5) is 3.99. The lowest BCUT2D eigenvalue weighted by Gasteiger charge is -2.10. The molecule has 4 heteroatoms. The summed E-state index contributed by atoms with van der Waals surface area (Å²) in [6, 6.07) is 7.75. The maximum Gasteiger partial charge on any atom is 0.0641 e. The van der Waals surface area contributed by atoms with Crippen molar-refractivity contribution >= 4 is 28.9 Å². The topological polar surface area (TPSA) is 24.9 Å². The molecule has 0 unspecified atom stereocenters. The minimum atomic E-state index is 0.701. The number of aromatic nitrogens is 1. The zero-order valence-electron chi connectivity index (χ0n) is 10.1. The fourth-order valence-corrected chi connectivity index (χ4v) is 2.12. The van der Waals surface area contributed by atoms with E-state index in [1.807, 2.05) is 31.2 Å². The van der Waals surface area contributed by atoms with Gasteiger partial charge in [0.05, 0.1) is 10.7 Å². The molecule has 0 atom stereocenters. The van der Waals surface area contributed by atoms with Crippen LogP contribution in [-0.2, 0) is 6.42 Å². The van der Waals surface area contributed by atoms with Crippen LogP contribution in [0.4, 0.5) is 5.69 Å². The Morgan fingerprint density at radius 1 is 1.11 bits per heavy atom. The predicted octanol–water partition coefficient (Wildman–Crippen LogP) is 4.35. The number of pyridine rings is 1. The lowest BCUT2D eigenvalue weighted by atomic mass is 10.2. The van der Waals surface area contributed by atoms with Crippen LogP contribution in [0.15, 0.2) is 36.7 Å². The largest absolute Gasteiger partial charge is 0.383 e. The van der Waals surface area contributed by atoms with Gasteiger partial charge in [-0.05, 0) is 48.7 Å². The Morgan fingerprint density at radius 3 is 2.56 bits per heavy atom. The molecule has 0 saturated heterocycles. The SMILES string of the molecule is Cc1cc(Cl)c(NCCc2ccncc2)cc1Cl. The van der Waals surface area contributed by atoms with Crippen molar-refractivity contribution < 1.29 is 0 Å². The molecule has 94 valence electrons. The molecule has 0 fully saturated rings. The van der Waals surface area contributed by atoms with Crippen LogP contribution in [0.1, 0.15) is 11.1 Å². The third-order valence-electron chi connectivity index (χ3n) is 2.73. The summed E-state index contributed by atoms with van der Waals surface area (Å²) in [5, 5.41) is 4.72. The van der Waals surface area contributed by atoms with Crippen LogP contribution in [0.2, 0.25) is 10.0 Å². The molecule has 0 aliphatic carbocycles. The van der Waals surface area contributed by atoms with E-state index in [1.165, 1.54) is 5.56 Å². The van der Waals surface area contributed by atoms with Gasteiger partial charge < -0.3 is 5.32 Å². The van der Waals surface area contributed by atoms with Gasteiger partial charge in [-0.25, -0.2) is 0 Å². The lowest BCUT2D eigenvalue weighted by Crippen LogP contribution is -2.05. The summed E-state index contributed by atoms with van der Waals surface area (Å²) >= 11 is 12.2. The van der Waals surface area contributed by atoms with Gasteiger partial charge in [-0.2, -0.15) is 0 Å². The first-order valence-electron chi connectivity index (χ1n) is 5.75. The smallest absolute Gasteiger partial charge is 0.0641 e. The van der Waals surface area contributed by atoms with Crippen molar-refractivity contribution in [1.82, 2.24) is 4.98 Å². The zero-order chi connectivity index (χ0) is 13.0. The van der Waals surface area contributed by atoms with E-state index in [4.69, 9.17) is 23.2 Å². The molecule has 0 bridgehead atoms. The predicted molar refractivity (Wildman–Crippen MR) is 77.6 cm³/mol. The van der Waals surface area contributed by atoms with E-state index in [0.717, 1.165) is 29.2 Å². The highest BCUT2D eigenvalue weighted by Crippen LogP contribution is 2.28. The molecular formula is C14H14Cl2N2. The van der Waals surface area contributed by atoms with Gasteiger partial charge >= 0.3 is 0 Å². The standard InChI is InChI=1S/C14H14Cl2N2/c1-10-8-13(16)14(9-12(10)15)18-7-4-11-2-5-17-6-3-11/h2-3,5-6,8-9,18H,4,7H2,1H3. The molecular weight excluding hydrogens is 267 g/mol. The van der Waals surface area contributed by atoms with Crippen LogP contribution < -0.4 is 5.32 Å². The van der Waals surface area contributed by atoms with E-state index in [9.17, 15) is 0 Å². The summed E-state index contributed by atoms with van der Waals surface area (Å²) in [6.07, 6.45) is 4.51. The van der Waals surface area contributed by atoms with Crippen molar-refractivity contribution in [3.63, 3.8) is 0 Å². The van der Waals surface area contributed by atoms with Crippen molar-refractivity contribution in [1.29, 1.82) is 0 Å². The first-order valence-corrected chi connectivity index (χ1v) is 6.51. The Morgan fingerprint density at radius 2 is 1.83 bits per heavy atom. The monoisotopic (exact) mass is 280 g/mol.